The minimum Gasteiger partial charge on any atom is -0.383 e. The van der Waals surface area contributed by atoms with Crippen molar-refractivity contribution in [3.05, 3.63) is 41.6 Å². The van der Waals surface area contributed by atoms with Crippen LogP contribution in [0.5, 0.6) is 0 Å². The molecule has 24 heavy (non-hydrogen) atoms. The standard InChI is InChI=1S/C17H27N2.ClHO4/c1-17(2,3)16-10-8-14(9-11-16)15(12-18(4)5)13-19(6)7;2-1(3,4)5/h8-13H,1-7H3;(H,2,3,4,5)/q+1;/p-1. The molecule has 0 unspecified atom stereocenters. The number of hydrogen-bond donors (Lipinski definition) is 0. The lowest BCUT2D eigenvalue weighted by Crippen LogP contribution is -2.68. The molecule has 0 aliphatic rings. The fraction of sp³-hybridized carbons (Fsp3) is 0.471. The van der Waals surface area contributed by atoms with E-state index < -0.39 is 10.2 Å². The Balaban J connectivity index is 0.000000922. The highest BCUT2D eigenvalue weighted by Crippen LogP contribution is 2.24. The Morgan fingerprint density at radius 1 is 1.00 bits per heavy atom. The van der Waals surface area contributed by atoms with E-state index in [1.807, 2.05) is 28.2 Å². The Labute approximate surface area is 146 Å². The third-order valence-electron chi connectivity index (χ3n) is 2.88. The monoisotopic (exact) mass is 358 g/mol. The minimum absolute atomic E-state index is 0.204. The van der Waals surface area contributed by atoms with Crippen molar-refractivity contribution in [2.75, 3.05) is 28.2 Å². The molecule has 0 saturated heterocycles. The smallest absolute Gasteiger partial charge is 0.172 e. The van der Waals surface area contributed by atoms with Gasteiger partial charge in [-0.1, -0.05) is 45.0 Å². The quantitative estimate of drug-likeness (QED) is 0.482. The van der Waals surface area contributed by atoms with Gasteiger partial charge in [0.15, 0.2) is 6.21 Å². The first-order valence-corrected chi connectivity index (χ1v) is 8.56. The summed E-state index contributed by atoms with van der Waals surface area (Å²) in [6.07, 6.45) is 4.29. The van der Waals surface area contributed by atoms with Crippen molar-refractivity contribution in [1.82, 2.24) is 4.90 Å². The van der Waals surface area contributed by atoms with E-state index in [1.54, 1.807) is 0 Å². The number of benzene rings is 1. The molecule has 0 amide bonds. The van der Waals surface area contributed by atoms with Crippen LogP contribution >= 0.6 is 0 Å². The third kappa shape index (κ3) is 11.2. The van der Waals surface area contributed by atoms with Gasteiger partial charge in [-0.05, 0) is 16.5 Å². The second-order valence-electron chi connectivity index (χ2n) is 6.85. The molecule has 6 nitrogen and oxygen atoms in total. The van der Waals surface area contributed by atoms with Gasteiger partial charge in [-0.2, -0.15) is 0 Å². The van der Waals surface area contributed by atoms with Crippen LogP contribution in [-0.4, -0.2) is 43.9 Å². The summed E-state index contributed by atoms with van der Waals surface area (Å²) < 4.78 is 36.0. The van der Waals surface area contributed by atoms with E-state index in [1.165, 1.54) is 16.7 Å². The van der Waals surface area contributed by atoms with Crippen LogP contribution < -0.4 is 18.6 Å². The molecular weight excluding hydrogens is 332 g/mol. The number of rotatable bonds is 3. The first-order chi connectivity index (χ1) is 10.7. The van der Waals surface area contributed by atoms with Gasteiger partial charge in [0, 0.05) is 20.3 Å². The molecule has 0 aliphatic carbocycles. The zero-order chi connectivity index (χ0) is 19.1. The number of hydrogen-bond acceptors (Lipinski definition) is 5. The topological polar surface area (TPSA) is 98.5 Å². The van der Waals surface area contributed by atoms with Crippen LogP contribution in [0.4, 0.5) is 0 Å². The summed E-state index contributed by atoms with van der Waals surface area (Å²) in [5.74, 6) is 0. The number of nitrogens with zero attached hydrogens (tertiary/aromatic N) is 2. The van der Waals surface area contributed by atoms with Crippen LogP contribution in [0.1, 0.15) is 31.9 Å². The van der Waals surface area contributed by atoms with Crippen molar-refractivity contribution < 1.29 is 33.5 Å². The second-order valence-corrected chi connectivity index (χ2v) is 7.60. The average molecular weight is 359 g/mol. The second kappa shape index (κ2) is 9.15. The summed E-state index contributed by atoms with van der Waals surface area (Å²) in [7, 11) is 3.25. The van der Waals surface area contributed by atoms with Crippen LogP contribution in [0, 0.1) is 10.2 Å². The molecule has 0 spiro atoms. The van der Waals surface area contributed by atoms with Crippen LogP contribution in [0.15, 0.2) is 30.5 Å². The van der Waals surface area contributed by atoms with Crippen molar-refractivity contribution in [2.45, 2.75) is 26.2 Å². The summed E-state index contributed by atoms with van der Waals surface area (Å²) in [6, 6.07) is 8.86. The van der Waals surface area contributed by atoms with Crippen molar-refractivity contribution in [2.24, 2.45) is 0 Å². The first kappa shape index (κ1) is 22.6. The van der Waals surface area contributed by atoms with Gasteiger partial charge in [0.2, 0.25) is 0 Å². The van der Waals surface area contributed by atoms with Crippen LogP contribution in [0.3, 0.4) is 0 Å². The summed E-state index contributed by atoms with van der Waals surface area (Å²) in [4.78, 5) is 2.08. The fourth-order valence-corrected chi connectivity index (χ4v) is 1.90. The van der Waals surface area contributed by atoms with Crippen molar-refractivity contribution >= 4 is 11.8 Å². The van der Waals surface area contributed by atoms with E-state index in [9.17, 15) is 0 Å². The van der Waals surface area contributed by atoms with Gasteiger partial charge < -0.3 is 4.90 Å². The van der Waals surface area contributed by atoms with E-state index >= 15 is 0 Å². The maximum Gasteiger partial charge on any atom is 0.172 e. The predicted octanol–water partition coefficient (Wildman–Crippen LogP) is -1.53. The molecule has 0 aliphatic heterocycles. The highest BCUT2D eigenvalue weighted by Gasteiger charge is 2.13. The Bertz CT molecular complexity index is 558. The number of halogens is 1. The Kier molecular flexibility index (Phi) is 8.60. The molecule has 7 heteroatoms. The zero-order valence-corrected chi connectivity index (χ0v) is 16.1. The summed E-state index contributed by atoms with van der Waals surface area (Å²) in [5, 5.41) is 0. The maximum absolute atomic E-state index is 8.49. The first-order valence-electron chi connectivity index (χ1n) is 7.32. The van der Waals surface area contributed by atoms with E-state index in [0.717, 1.165) is 0 Å². The Morgan fingerprint density at radius 2 is 1.42 bits per heavy atom. The molecule has 1 rings (SSSR count). The van der Waals surface area contributed by atoms with Gasteiger partial charge in [-0.25, -0.2) is 23.2 Å². The fourth-order valence-electron chi connectivity index (χ4n) is 1.90. The van der Waals surface area contributed by atoms with E-state index in [0.29, 0.717) is 0 Å². The molecule has 0 saturated carbocycles. The largest absolute Gasteiger partial charge is 0.383 e. The van der Waals surface area contributed by atoms with Gasteiger partial charge in [0.1, 0.15) is 14.1 Å². The summed E-state index contributed by atoms with van der Waals surface area (Å²) in [6.45, 7) is 6.72. The van der Waals surface area contributed by atoms with Crippen LogP contribution in [-0.2, 0) is 5.41 Å². The maximum atomic E-state index is 8.49. The van der Waals surface area contributed by atoms with Crippen molar-refractivity contribution in [3.63, 3.8) is 0 Å². The van der Waals surface area contributed by atoms with E-state index in [-0.39, 0.29) is 5.41 Å². The zero-order valence-electron chi connectivity index (χ0n) is 15.4. The highest BCUT2D eigenvalue weighted by molar-refractivity contribution is 6.07. The van der Waals surface area contributed by atoms with Gasteiger partial charge in [-0.15, -0.1) is 10.2 Å². The van der Waals surface area contributed by atoms with Gasteiger partial charge in [0.25, 0.3) is 0 Å². The van der Waals surface area contributed by atoms with Gasteiger partial charge in [-0.3, -0.25) is 0 Å². The number of allylic oxidation sites excluding steroid dienone is 1. The molecule has 0 atom stereocenters. The lowest BCUT2D eigenvalue weighted by Gasteiger charge is -2.19. The minimum atomic E-state index is -4.94. The lowest BCUT2D eigenvalue weighted by atomic mass is 9.86. The predicted molar refractivity (Wildman–Crippen MR) is 85.0 cm³/mol. The molecule has 0 aromatic heterocycles. The highest BCUT2D eigenvalue weighted by atomic mass is 35.7. The molecule has 0 radical (unpaired) electrons. The summed E-state index contributed by atoms with van der Waals surface area (Å²) in [5.41, 5.74) is 4.03. The van der Waals surface area contributed by atoms with Crippen LogP contribution in [0.25, 0.3) is 5.57 Å². The molecule has 136 valence electrons. The van der Waals surface area contributed by atoms with Crippen molar-refractivity contribution in [3.8, 4) is 0 Å². The SMILES string of the molecule is CN(C)/C=C(\C=[N+](C)C)c1ccc(C(C)(C)C)cc1.[O-][Cl+3]([O-])([O-])[O-]. The molecule has 0 heterocycles. The molecule has 1 aromatic carbocycles. The Hall–Kier alpha value is -1.44. The summed E-state index contributed by atoms with van der Waals surface area (Å²) >= 11 is 0. The molecule has 0 bridgehead atoms. The van der Waals surface area contributed by atoms with E-state index in [4.69, 9.17) is 18.6 Å². The lowest BCUT2D eigenvalue weighted by molar-refractivity contribution is -2.00. The van der Waals surface area contributed by atoms with Gasteiger partial charge in [0.05, 0.1) is 5.57 Å². The normalized spacial score (nSPS) is 12.2. The average Bonchev–Trinajstić information content (AvgIpc) is 2.34. The van der Waals surface area contributed by atoms with Crippen molar-refractivity contribution in [1.29, 1.82) is 0 Å². The molecule has 0 N–H and O–H groups in total. The molecular formula is C17H27ClN2O4. The Morgan fingerprint density at radius 3 is 1.71 bits per heavy atom. The molecule has 1 aromatic rings. The third-order valence-corrected chi connectivity index (χ3v) is 2.88. The van der Waals surface area contributed by atoms with Crippen LogP contribution in [0.2, 0.25) is 0 Å². The van der Waals surface area contributed by atoms with Gasteiger partial charge >= 0.3 is 0 Å². The molecule has 0 fully saturated rings. The van der Waals surface area contributed by atoms with E-state index in [2.05, 4.69) is 66.9 Å².